The Morgan fingerprint density at radius 3 is 1.52 bits per heavy atom. The van der Waals surface area contributed by atoms with Crippen molar-refractivity contribution in [1.29, 1.82) is 0 Å². The lowest BCUT2D eigenvalue weighted by Gasteiger charge is -2.30. The van der Waals surface area contributed by atoms with Crippen molar-refractivity contribution in [2.75, 3.05) is 6.54 Å². The Balaban J connectivity index is 4.06. The fourth-order valence-corrected chi connectivity index (χ4v) is 15.4. The Bertz CT molecular complexity index is 446. The summed E-state index contributed by atoms with van der Waals surface area (Å²) in [5.41, 5.74) is 0. The molecular formula is C28H57NSi2. The molecule has 3 heteroatoms. The van der Waals surface area contributed by atoms with E-state index in [-0.39, 0.29) is 0 Å². The smallest absolute Gasteiger partial charge is 0.0626 e. The van der Waals surface area contributed by atoms with Crippen LogP contribution >= 0.6 is 0 Å². The molecule has 0 atom stereocenters. The Morgan fingerprint density at radius 2 is 1.00 bits per heavy atom. The molecule has 0 amide bonds. The second-order valence-corrected chi connectivity index (χ2v) is 19.9. The van der Waals surface area contributed by atoms with Crippen LogP contribution in [-0.4, -0.2) is 28.9 Å². The van der Waals surface area contributed by atoms with Crippen LogP contribution in [0.2, 0.25) is 48.4 Å². The maximum absolute atomic E-state index is 4.80. The third-order valence-corrected chi connectivity index (χ3v) is 18.2. The average molecular weight is 464 g/mol. The van der Waals surface area contributed by atoms with E-state index < -0.39 is 16.1 Å². The van der Waals surface area contributed by atoms with Gasteiger partial charge in [-0.1, -0.05) is 128 Å². The molecule has 0 aromatic rings. The average Bonchev–Trinajstić information content (AvgIpc) is 2.73. The molecule has 0 aromatic carbocycles. The van der Waals surface area contributed by atoms with Crippen LogP contribution in [0.4, 0.5) is 0 Å². The van der Waals surface area contributed by atoms with Crippen molar-refractivity contribution in [1.82, 2.24) is 0 Å². The van der Waals surface area contributed by atoms with Gasteiger partial charge < -0.3 is 0 Å². The highest BCUT2D eigenvalue weighted by molar-refractivity contribution is 6.82. The minimum Gasteiger partial charge on any atom is -0.298 e. The van der Waals surface area contributed by atoms with Crippen LogP contribution < -0.4 is 0 Å². The van der Waals surface area contributed by atoms with Crippen LogP contribution in [0.1, 0.15) is 91.9 Å². The normalized spacial score (nSPS) is 12.5. The predicted octanol–water partition coefficient (Wildman–Crippen LogP) is 10.3. The molecule has 0 saturated carbocycles. The zero-order valence-electron chi connectivity index (χ0n) is 22.0. The molecular weight excluding hydrogens is 406 g/mol. The lowest BCUT2D eigenvalue weighted by Crippen LogP contribution is -2.33. The second kappa shape index (κ2) is 20.2. The van der Waals surface area contributed by atoms with Crippen molar-refractivity contribution < 1.29 is 0 Å². The van der Waals surface area contributed by atoms with Crippen LogP contribution in [0.15, 0.2) is 30.3 Å². The maximum Gasteiger partial charge on any atom is 0.0626 e. The van der Waals surface area contributed by atoms with E-state index in [0.29, 0.717) is 0 Å². The van der Waals surface area contributed by atoms with Gasteiger partial charge in [-0.25, -0.2) is 0 Å². The van der Waals surface area contributed by atoms with E-state index in [2.05, 4.69) is 59.2 Å². The fourth-order valence-electron chi connectivity index (χ4n) is 5.79. The largest absolute Gasteiger partial charge is 0.298 e. The van der Waals surface area contributed by atoms with Crippen molar-refractivity contribution in [3.8, 4) is 0 Å². The number of nitrogens with zero attached hydrogens (tertiary/aromatic N) is 1. The molecule has 0 aliphatic carbocycles. The van der Waals surface area contributed by atoms with Crippen LogP contribution in [0.25, 0.3) is 0 Å². The SMILES string of the molecule is C=CC[Si](CC=NCCCCCCCC[Si](CC=C)(CCC)CCC)(CCC)CCC. The summed E-state index contributed by atoms with van der Waals surface area (Å²) in [7, 11) is -2.25. The minimum atomic E-state index is -1.19. The third-order valence-electron chi connectivity index (χ3n) is 7.17. The molecule has 1 nitrogen and oxygen atoms in total. The van der Waals surface area contributed by atoms with Gasteiger partial charge in [-0.3, -0.25) is 4.99 Å². The van der Waals surface area contributed by atoms with Gasteiger partial charge in [0.15, 0.2) is 0 Å². The van der Waals surface area contributed by atoms with E-state index >= 15 is 0 Å². The molecule has 0 saturated heterocycles. The van der Waals surface area contributed by atoms with Crippen molar-refractivity contribution in [3.63, 3.8) is 0 Å². The quantitative estimate of drug-likeness (QED) is 0.0618. The molecule has 0 heterocycles. The van der Waals surface area contributed by atoms with Gasteiger partial charge in [0.2, 0.25) is 0 Å². The molecule has 0 radical (unpaired) electrons. The predicted molar refractivity (Wildman–Crippen MR) is 153 cm³/mol. The zero-order chi connectivity index (χ0) is 23.3. The number of unbranched alkanes of at least 4 members (excludes halogenated alkanes) is 5. The van der Waals surface area contributed by atoms with E-state index in [4.69, 9.17) is 4.99 Å². The first-order valence-electron chi connectivity index (χ1n) is 13.8. The Kier molecular flexibility index (Phi) is 19.9. The van der Waals surface area contributed by atoms with Gasteiger partial charge in [-0.2, -0.15) is 0 Å². The van der Waals surface area contributed by atoms with Crippen molar-refractivity contribution >= 4 is 22.4 Å². The van der Waals surface area contributed by atoms with Crippen molar-refractivity contribution in [3.05, 3.63) is 25.3 Å². The maximum atomic E-state index is 4.80. The molecule has 0 aliphatic rings. The summed E-state index contributed by atoms with van der Waals surface area (Å²) in [6.45, 7) is 18.6. The zero-order valence-corrected chi connectivity index (χ0v) is 24.0. The van der Waals surface area contributed by atoms with Gasteiger partial charge in [0.25, 0.3) is 0 Å². The summed E-state index contributed by atoms with van der Waals surface area (Å²) in [5, 5.41) is 0. The lowest BCUT2D eigenvalue weighted by molar-refractivity contribution is 0.609. The Morgan fingerprint density at radius 1 is 0.548 bits per heavy atom. The summed E-state index contributed by atoms with van der Waals surface area (Å²) >= 11 is 0. The second-order valence-electron chi connectivity index (χ2n) is 10.1. The molecule has 31 heavy (non-hydrogen) atoms. The molecule has 0 spiro atoms. The molecule has 0 bridgehead atoms. The minimum absolute atomic E-state index is 1.04. The Hall–Kier alpha value is -0.416. The highest BCUT2D eigenvalue weighted by Crippen LogP contribution is 2.31. The summed E-state index contributed by atoms with van der Waals surface area (Å²) < 4.78 is 0. The first-order valence-corrected chi connectivity index (χ1v) is 19.4. The van der Waals surface area contributed by atoms with Crippen LogP contribution in [0, 0.1) is 0 Å². The highest BCUT2D eigenvalue weighted by Gasteiger charge is 2.29. The number of allylic oxidation sites excluding steroid dienone is 2. The van der Waals surface area contributed by atoms with Gasteiger partial charge in [0.05, 0.1) is 16.1 Å². The van der Waals surface area contributed by atoms with E-state index in [1.807, 2.05) is 0 Å². The summed E-state index contributed by atoms with van der Waals surface area (Å²) in [6, 6.07) is 11.3. The third kappa shape index (κ3) is 14.4. The molecule has 0 N–H and O–H groups in total. The van der Waals surface area contributed by atoms with E-state index in [1.165, 1.54) is 113 Å². The first-order chi connectivity index (χ1) is 15.1. The lowest BCUT2D eigenvalue weighted by atomic mass is 10.1. The molecule has 0 aromatic heterocycles. The van der Waals surface area contributed by atoms with Gasteiger partial charge >= 0.3 is 0 Å². The monoisotopic (exact) mass is 463 g/mol. The first kappa shape index (κ1) is 30.6. The highest BCUT2D eigenvalue weighted by atomic mass is 28.3. The van der Waals surface area contributed by atoms with E-state index in [9.17, 15) is 0 Å². The number of rotatable bonds is 23. The molecule has 0 unspecified atom stereocenters. The van der Waals surface area contributed by atoms with Crippen LogP contribution in [-0.2, 0) is 0 Å². The fraction of sp³-hybridized carbons (Fsp3) is 0.821. The number of aliphatic imine (C=N–C) groups is 1. The summed E-state index contributed by atoms with van der Waals surface area (Å²) in [6.07, 6.45) is 20.4. The molecule has 182 valence electrons. The number of hydrogen-bond donors (Lipinski definition) is 0. The van der Waals surface area contributed by atoms with Crippen molar-refractivity contribution in [2.45, 2.75) is 140 Å². The topological polar surface area (TPSA) is 12.4 Å². The van der Waals surface area contributed by atoms with Gasteiger partial charge in [-0.05, 0) is 30.8 Å². The number of hydrogen-bond acceptors (Lipinski definition) is 1. The van der Waals surface area contributed by atoms with Crippen LogP contribution in [0.5, 0.6) is 0 Å². The van der Waals surface area contributed by atoms with Gasteiger partial charge in [0, 0.05) is 6.54 Å². The van der Waals surface area contributed by atoms with Gasteiger partial charge in [-0.15, -0.1) is 13.2 Å². The van der Waals surface area contributed by atoms with Crippen LogP contribution in [0.3, 0.4) is 0 Å². The molecule has 0 aliphatic heterocycles. The van der Waals surface area contributed by atoms with E-state index in [1.54, 1.807) is 0 Å². The molecule has 0 rings (SSSR count). The Labute approximate surface area is 199 Å². The summed E-state index contributed by atoms with van der Waals surface area (Å²) in [5.74, 6) is 0. The van der Waals surface area contributed by atoms with Crippen molar-refractivity contribution in [2.24, 2.45) is 4.99 Å². The summed E-state index contributed by atoms with van der Waals surface area (Å²) in [4.78, 5) is 4.80. The molecule has 0 fully saturated rings. The van der Waals surface area contributed by atoms with E-state index in [0.717, 1.165) is 6.54 Å². The van der Waals surface area contributed by atoms with Gasteiger partial charge in [0.1, 0.15) is 0 Å². The standard InChI is InChI=1S/C28H57NSi2/c1-7-21-30(22-8-2,23-9-3)27-18-16-14-13-15-17-19-29-20-28-31(24-10-4,25-11-5)26-12-6/h7,10,20H,1,4,8-9,11-19,21-28H2,2-3,5-6H3.